The highest BCUT2D eigenvalue weighted by molar-refractivity contribution is 7.90. The van der Waals surface area contributed by atoms with Crippen LogP contribution in [0, 0.1) is 17.0 Å². The number of hydrogen-bond acceptors (Lipinski definition) is 7. The average molecular weight is 394 g/mol. The molecule has 1 amide bonds. The maximum Gasteiger partial charge on any atom is 0.286 e. The van der Waals surface area contributed by atoms with E-state index in [-0.39, 0.29) is 27.6 Å². The fourth-order valence-corrected chi connectivity index (χ4v) is 3.00. The fourth-order valence-electron chi connectivity index (χ4n) is 2.36. The van der Waals surface area contributed by atoms with E-state index in [1.165, 1.54) is 38.5 Å². The van der Waals surface area contributed by atoms with E-state index in [1.807, 2.05) is 0 Å². The van der Waals surface area contributed by atoms with Crippen molar-refractivity contribution in [2.24, 2.45) is 0 Å². The van der Waals surface area contributed by atoms with Crippen molar-refractivity contribution < 1.29 is 27.6 Å². The second-order valence-corrected chi connectivity index (χ2v) is 7.70. The Balaban J connectivity index is 2.51. The third-order valence-electron chi connectivity index (χ3n) is 3.83. The van der Waals surface area contributed by atoms with Crippen molar-refractivity contribution >= 4 is 27.1 Å². The normalized spacial score (nSPS) is 11.0. The smallest absolute Gasteiger partial charge is 0.286 e. The van der Waals surface area contributed by atoms with Gasteiger partial charge in [-0.3, -0.25) is 14.9 Å². The number of ether oxygens (including phenoxy) is 2. The summed E-state index contributed by atoms with van der Waals surface area (Å²) < 4.78 is 33.6. The number of nitrogens with one attached hydrogen (secondary N) is 1. The van der Waals surface area contributed by atoms with E-state index < -0.39 is 26.4 Å². The van der Waals surface area contributed by atoms with Crippen LogP contribution >= 0.6 is 0 Å². The summed E-state index contributed by atoms with van der Waals surface area (Å²) in [4.78, 5) is 23.3. The van der Waals surface area contributed by atoms with Gasteiger partial charge in [-0.05, 0) is 24.6 Å². The van der Waals surface area contributed by atoms with Crippen molar-refractivity contribution in [3.8, 4) is 11.5 Å². The van der Waals surface area contributed by atoms with Crippen molar-refractivity contribution in [1.82, 2.24) is 0 Å². The molecule has 0 unspecified atom stereocenters. The van der Waals surface area contributed by atoms with Crippen molar-refractivity contribution in [2.75, 3.05) is 25.8 Å². The molecule has 27 heavy (non-hydrogen) atoms. The molecule has 0 aromatic heterocycles. The number of nitro groups is 1. The highest BCUT2D eigenvalue weighted by Gasteiger charge is 2.25. The molecule has 0 radical (unpaired) electrons. The molecule has 2 aromatic rings. The maximum atomic E-state index is 12.7. The summed E-state index contributed by atoms with van der Waals surface area (Å²) in [6.45, 7) is 1.67. The number of hydrogen-bond donors (Lipinski definition) is 1. The zero-order chi connectivity index (χ0) is 20.4. The average Bonchev–Trinajstić information content (AvgIpc) is 2.61. The minimum absolute atomic E-state index is 0.0187. The van der Waals surface area contributed by atoms with E-state index in [4.69, 9.17) is 9.47 Å². The molecule has 0 aliphatic heterocycles. The number of carbonyl (C=O) groups excluding carboxylic acids is 1. The summed E-state index contributed by atoms with van der Waals surface area (Å²) in [7, 11) is -0.821. The van der Waals surface area contributed by atoms with E-state index in [2.05, 4.69) is 5.32 Å². The van der Waals surface area contributed by atoms with Crippen LogP contribution in [0.1, 0.15) is 15.9 Å². The molecule has 2 rings (SSSR count). The molecule has 2 aromatic carbocycles. The van der Waals surface area contributed by atoms with Crippen molar-refractivity contribution in [1.29, 1.82) is 0 Å². The Morgan fingerprint density at radius 3 is 2.22 bits per heavy atom. The number of aryl methyl sites for hydroxylation is 1. The van der Waals surface area contributed by atoms with Gasteiger partial charge in [0.1, 0.15) is 5.56 Å². The molecule has 0 aliphatic rings. The zero-order valence-electron chi connectivity index (χ0n) is 15.1. The SMILES string of the molecule is COc1cc(C(=O)Nc2cc(S(C)(=O)=O)ccc2C)c([N+](=O)[O-])cc1OC. The number of methoxy groups -OCH3 is 2. The van der Waals surface area contributed by atoms with Gasteiger partial charge in [-0.1, -0.05) is 6.07 Å². The highest BCUT2D eigenvalue weighted by atomic mass is 32.2. The highest BCUT2D eigenvalue weighted by Crippen LogP contribution is 2.35. The van der Waals surface area contributed by atoms with E-state index in [1.54, 1.807) is 6.92 Å². The first-order valence-electron chi connectivity index (χ1n) is 7.61. The number of nitro benzene ring substituents is 1. The van der Waals surface area contributed by atoms with Crippen LogP contribution in [-0.4, -0.2) is 39.7 Å². The van der Waals surface area contributed by atoms with Crippen LogP contribution in [0.15, 0.2) is 35.2 Å². The fraction of sp³-hybridized carbons (Fsp3) is 0.235. The summed E-state index contributed by atoms with van der Waals surface area (Å²) in [5.74, 6) is -0.526. The van der Waals surface area contributed by atoms with E-state index in [0.717, 1.165) is 12.3 Å². The Morgan fingerprint density at radius 2 is 1.70 bits per heavy atom. The number of benzene rings is 2. The van der Waals surface area contributed by atoms with Gasteiger partial charge in [0.15, 0.2) is 21.3 Å². The third kappa shape index (κ3) is 4.34. The van der Waals surface area contributed by atoms with Crippen molar-refractivity contribution in [2.45, 2.75) is 11.8 Å². The number of sulfone groups is 1. The van der Waals surface area contributed by atoms with E-state index >= 15 is 0 Å². The Bertz CT molecular complexity index is 1020. The lowest BCUT2D eigenvalue weighted by Gasteiger charge is -2.12. The van der Waals surface area contributed by atoms with Crippen LogP contribution in [0.4, 0.5) is 11.4 Å². The van der Waals surface area contributed by atoms with Gasteiger partial charge >= 0.3 is 0 Å². The van der Waals surface area contributed by atoms with Crippen molar-refractivity contribution in [3.05, 3.63) is 51.6 Å². The molecule has 1 N–H and O–H groups in total. The zero-order valence-corrected chi connectivity index (χ0v) is 15.9. The molecule has 144 valence electrons. The molecule has 0 heterocycles. The van der Waals surface area contributed by atoms with Gasteiger partial charge in [0.05, 0.1) is 30.1 Å². The van der Waals surface area contributed by atoms with Crippen molar-refractivity contribution in [3.63, 3.8) is 0 Å². The topological polar surface area (TPSA) is 125 Å². The second kappa shape index (κ2) is 7.62. The van der Waals surface area contributed by atoms with Gasteiger partial charge in [0.25, 0.3) is 11.6 Å². The van der Waals surface area contributed by atoms with Gasteiger partial charge in [0.2, 0.25) is 0 Å². The van der Waals surface area contributed by atoms with Crippen LogP contribution in [0.25, 0.3) is 0 Å². The molecule has 0 fully saturated rings. The summed E-state index contributed by atoms with van der Waals surface area (Å²) in [5, 5.41) is 13.9. The maximum absolute atomic E-state index is 12.7. The molecule has 0 bridgehead atoms. The summed E-state index contributed by atoms with van der Waals surface area (Å²) in [6.07, 6.45) is 1.04. The number of anilines is 1. The first kappa shape index (κ1) is 20.2. The Labute approximate surface area is 156 Å². The molecule has 0 spiro atoms. The van der Waals surface area contributed by atoms with Crippen LogP contribution in [0.5, 0.6) is 11.5 Å². The predicted octanol–water partition coefficient (Wildman–Crippen LogP) is 2.58. The Hall–Kier alpha value is -3.14. The first-order valence-corrected chi connectivity index (χ1v) is 9.50. The van der Waals surface area contributed by atoms with E-state index in [0.29, 0.717) is 5.56 Å². The van der Waals surface area contributed by atoms with Crippen LogP contribution in [-0.2, 0) is 9.84 Å². The van der Waals surface area contributed by atoms with Gasteiger partial charge in [0, 0.05) is 18.0 Å². The standard InChI is InChI=1S/C17H18N2O7S/c1-10-5-6-11(27(4,23)24)7-13(10)18-17(20)12-8-15(25-2)16(26-3)9-14(12)19(21)22/h5-9H,1-4H3,(H,18,20). The first-order chi connectivity index (χ1) is 12.6. The monoisotopic (exact) mass is 394 g/mol. The summed E-state index contributed by atoms with van der Waals surface area (Å²) in [6, 6.07) is 6.54. The molecule has 0 saturated heterocycles. The second-order valence-electron chi connectivity index (χ2n) is 5.68. The van der Waals surface area contributed by atoms with Gasteiger partial charge < -0.3 is 14.8 Å². The quantitative estimate of drug-likeness (QED) is 0.589. The minimum Gasteiger partial charge on any atom is -0.493 e. The summed E-state index contributed by atoms with van der Waals surface area (Å²) >= 11 is 0. The van der Waals surface area contributed by atoms with E-state index in [9.17, 15) is 23.3 Å². The van der Waals surface area contributed by atoms with Crippen LogP contribution in [0.3, 0.4) is 0 Å². The number of carbonyl (C=O) groups is 1. The third-order valence-corrected chi connectivity index (χ3v) is 4.94. The number of rotatable bonds is 6. The van der Waals surface area contributed by atoms with Gasteiger partial charge in [-0.15, -0.1) is 0 Å². The largest absolute Gasteiger partial charge is 0.493 e. The molecule has 9 nitrogen and oxygen atoms in total. The molecular formula is C17H18N2O7S. The van der Waals surface area contributed by atoms with Crippen LogP contribution in [0.2, 0.25) is 0 Å². The van der Waals surface area contributed by atoms with Gasteiger partial charge in [-0.2, -0.15) is 0 Å². The lowest BCUT2D eigenvalue weighted by molar-refractivity contribution is -0.385. The molecule has 0 saturated carbocycles. The van der Waals surface area contributed by atoms with Gasteiger partial charge in [-0.25, -0.2) is 8.42 Å². The summed E-state index contributed by atoms with van der Waals surface area (Å²) in [5.41, 5.74) is 0.106. The Morgan fingerprint density at radius 1 is 1.11 bits per heavy atom. The minimum atomic E-state index is -3.48. The lowest BCUT2D eigenvalue weighted by atomic mass is 10.1. The molecular weight excluding hydrogens is 376 g/mol. The van der Waals surface area contributed by atoms with Crippen LogP contribution < -0.4 is 14.8 Å². The molecule has 0 atom stereocenters. The molecule has 0 aliphatic carbocycles. The number of nitrogens with zero attached hydrogens (tertiary/aromatic N) is 1. The number of amides is 1. The Kier molecular flexibility index (Phi) is 5.69. The lowest BCUT2D eigenvalue weighted by Crippen LogP contribution is -2.15. The predicted molar refractivity (Wildman–Crippen MR) is 98.4 cm³/mol. The molecule has 10 heteroatoms.